The number of nitrogens with one attached hydrogen (secondary N) is 1. The molecule has 0 spiro atoms. The molecule has 0 bridgehead atoms. The molecule has 0 fully saturated rings. The third-order valence-electron chi connectivity index (χ3n) is 2.78. The maximum Gasteiger partial charge on any atom is 0.121 e. The second-order valence-corrected chi connectivity index (χ2v) is 6.00. The van der Waals surface area contributed by atoms with E-state index in [1.54, 1.807) is 6.07 Å². The fraction of sp³-hybridized carbons (Fsp3) is 0.143. The van der Waals surface area contributed by atoms with Crippen molar-refractivity contribution in [1.29, 1.82) is 0 Å². The molecule has 0 radical (unpaired) electrons. The van der Waals surface area contributed by atoms with Gasteiger partial charge in [-0.2, -0.15) is 0 Å². The van der Waals surface area contributed by atoms with Gasteiger partial charge in [-0.1, -0.05) is 15.9 Å². The Morgan fingerprint density at radius 2 is 1.79 bits per heavy atom. The fourth-order valence-corrected chi connectivity index (χ4v) is 2.97. The number of halogens is 2. The quantitative estimate of drug-likeness (QED) is 0.664. The topological polar surface area (TPSA) is 52.5 Å². The van der Waals surface area contributed by atoms with Crippen LogP contribution < -0.4 is 5.32 Å². The van der Waals surface area contributed by atoms with Crippen molar-refractivity contribution in [2.45, 2.75) is 13.0 Å². The summed E-state index contributed by atoms with van der Waals surface area (Å²) in [4.78, 5) is 0. The first kappa shape index (κ1) is 14.2. The van der Waals surface area contributed by atoms with Gasteiger partial charge in [0.1, 0.15) is 11.5 Å². The SMILES string of the molecule is CC(Nc1ccc(Br)cc1Br)c1cc(O)ccc1O. The fourth-order valence-electron chi connectivity index (χ4n) is 1.81. The molecule has 19 heavy (non-hydrogen) atoms. The molecule has 0 heterocycles. The third-order valence-corrected chi connectivity index (χ3v) is 3.93. The lowest BCUT2D eigenvalue weighted by molar-refractivity contribution is 0.451. The summed E-state index contributed by atoms with van der Waals surface area (Å²) in [6.07, 6.45) is 0. The summed E-state index contributed by atoms with van der Waals surface area (Å²) < 4.78 is 1.91. The van der Waals surface area contributed by atoms with E-state index < -0.39 is 0 Å². The highest BCUT2D eigenvalue weighted by atomic mass is 79.9. The summed E-state index contributed by atoms with van der Waals surface area (Å²) >= 11 is 6.87. The molecule has 0 saturated heterocycles. The second kappa shape index (κ2) is 5.84. The van der Waals surface area contributed by atoms with Crippen LogP contribution in [0.25, 0.3) is 0 Å². The van der Waals surface area contributed by atoms with Crippen molar-refractivity contribution in [3.63, 3.8) is 0 Å². The highest BCUT2D eigenvalue weighted by Gasteiger charge is 2.12. The number of rotatable bonds is 3. The molecule has 2 rings (SSSR count). The first-order valence-corrected chi connectivity index (χ1v) is 7.29. The van der Waals surface area contributed by atoms with Crippen molar-refractivity contribution < 1.29 is 10.2 Å². The summed E-state index contributed by atoms with van der Waals surface area (Å²) in [5.74, 6) is 0.294. The number of benzene rings is 2. The molecule has 2 aromatic rings. The Labute approximate surface area is 128 Å². The summed E-state index contributed by atoms with van der Waals surface area (Å²) in [5, 5.41) is 22.6. The van der Waals surface area contributed by atoms with Crippen LogP contribution in [-0.4, -0.2) is 10.2 Å². The lowest BCUT2D eigenvalue weighted by Gasteiger charge is -2.18. The number of hydrogen-bond donors (Lipinski definition) is 3. The predicted octanol–water partition coefficient (Wildman–Crippen LogP) is 4.80. The van der Waals surface area contributed by atoms with Crippen molar-refractivity contribution in [1.82, 2.24) is 0 Å². The molecular weight excluding hydrogens is 374 g/mol. The highest BCUT2D eigenvalue weighted by Crippen LogP contribution is 2.33. The normalized spacial score (nSPS) is 12.2. The Balaban J connectivity index is 2.25. The lowest BCUT2D eigenvalue weighted by Crippen LogP contribution is -2.07. The monoisotopic (exact) mass is 385 g/mol. The van der Waals surface area contributed by atoms with Crippen LogP contribution in [0.3, 0.4) is 0 Å². The number of phenolic OH excluding ortho intramolecular Hbond substituents is 2. The van der Waals surface area contributed by atoms with Crippen molar-refractivity contribution >= 4 is 37.5 Å². The van der Waals surface area contributed by atoms with Crippen LogP contribution in [0.4, 0.5) is 5.69 Å². The minimum absolute atomic E-state index is 0.135. The van der Waals surface area contributed by atoms with Gasteiger partial charge in [0.25, 0.3) is 0 Å². The van der Waals surface area contributed by atoms with Gasteiger partial charge in [0.2, 0.25) is 0 Å². The number of aromatic hydroxyl groups is 2. The van der Waals surface area contributed by atoms with Crippen LogP contribution >= 0.6 is 31.9 Å². The molecule has 100 valence electrons. The smallest absolute Gasteiger partial charge is 0.121 e. The number of anilines is 1. The molecule has 0 amide bonds. The largest absolute Gasteiger partial charge is 0.508 e. The van der Waals surface area contributed by atoms with Crippen molar-refractivity contribution in [3.05, 3.63) is 50.9 Å². The molecule has 3 nitrogen and oxygen atoms in total. The zero-order chi connectivity index (χ0) is 14.0. The van der Waals surface area contributed by atoms with Crippen LogP contribution in [0, 0.1) is 0 Å². The van der Waals surface area contributed by atoms with Gasteiger partial charge in [-0.05, 0) is 59.3 Å². The van der Waals surface area contributed by atoms with Gasteiger partial charge >= 0.3 is 0 Å². The summed E-state index contributed by atoms with van der Waals surface area (Å²) in [7, 11) is 0. The molecule has 2 aromatic carbocycles. The summed E-state index contributed by atoms with van der Waals surface area (Å²) in [6, 6.07) is 10.2. The van der Waals surface area contributed by atoms with Gasteiger partial charge in [0.05, 0.1) is 6.04 Å². The van der Waals surface area contributed by atoms with E-state index in [1.807, 2.05) is 25.1 Å². The van der Waals surface area contributed by atoms with Gasteiger partial charge in [0, 0.05) is 20.2 Å². The third kappa shape index (κ3) is 3.42. The Bertz CT molecular complexity index is 602. The van der Waals surface area contributed by atoms with E-state index in [9.17, 15) is 10.2 Å². The molecule has 0 saturated carbocycles. The van der Waals surface area contributed by atoms with E-state index in [4.69, 9.17) is 0 Å². The molecule has 3 N–H and O–H groups in total. The summed E-state index contributed by atoms with van der Waals surface area (Å²) in [6.45, 7) is 1.92. The zero-order valence-corrected chi connectivity index (χ0v) is 13.4. The molecule has 1 atom stereocenters. The maximum atomic E-state index is 9.83. The van der Waals surface area contributed by atoms with E-state index in [0.717, 1.165) is 14.6 Å². The Morgan fingerprint density at radius 1 is 1.05 bits per heavy atom. The van der Waals surface area contributed by atoms with Gasteiger partial charge in [0.15, 0.2) is 0 Å². The average molecular weight is 387 g/mol. The van der Waals surface area contributed by atoms with Gasteiger partial charge in [-0.3, -0.25) is 0 Å². The van der Waals surface area contributed by atoms with Gasteiger partial charge in [-0.15, -0.1) is 0 Å². The minimum atomic E-state index is -0.135. The van der Waals surface area contributed by atoms with E-state index >= 15 is 0 Å². The van der Waals surface area contributed by atoms with E-state index in [1.165, 1.54) is 12.1 Å². The maximum absolute atomic E-state index is 9.83. The van der Waals surface area contributed by atoms with Crippen molar-refractivity contribution in [2.75, 3.05) is 5.32 Å². The summed E-state index contributed by atoms with van der Waals surface area (Å²) in [5.41, 5.74) is 1.56. The molecule has 0 aliphatic rings. The Kier molecular flexibility index (Phi) is 4.37. The zero-order valence-electron chi connectivity index (χ0n) is 10.2. The molecule has 0 aliphatic carbocycles. The molecule has 1 unspecified atom stereocenters. The Hall–Kier alpha value is -1.20. The standard InChI is InChI=1S/C14H13Br2NO2/c1-8(11-7-10(18)3-5-14(11)19)17-13-4-2-9(15)6-12(13)16/h2-8,17-19H,1H3. The number of phenols is 2. The van der Waals surface area contributed by atoms with Crippen molar-refractivity contribution in [3.8, 4) is 11.5 Å². The van der Waals surface area contributed by atoms with Crippen LogP contribution in [0.15, 0.2) is 45.3 Å². The van der Waals surface area contributed by atoms with Gasteiger partial charge in [-0.25, -0.2) is 0 Å². The van der Waals surface area contributed by atoms with Crippen LogP contribution in [0.1, 0.15) is 18.5 Å². The van der Waals surface area contributed by atoms with Crippen molar-refractivity contribution in [2.24, 2.45) is 0 Å². The van der Waals surface area contributed by atoms with Crippen LogP contribution in [0.5, 0.6) is 11.5 Å². The molecule has 0 aliphatic heterocycles. The average Bonchev–Trinajstić information content (AvgIpc) is 2.35. The Morgan fingerprint density at radius 3 is 2.47 bits per heavy atom. The first-order chi connectivity index (χ1) is 8.97. The molecule has 5 heteroatoms. The molecular formula is C14H13Br2NO2. The predicted molar refractivity (Wildman–Crippen MR) is 83.7 cm³/mol. The van der Waals surface area contributed by atoms with E-state index in [-0.39, 0.29) is 17.5 Å². The van der Waals surface area contributed by atoms with Crippen LogP contribution in [-0.2, 0) is 0 Å². The lowest BCUT2D eigenvalue weighted by atomic mass is 10.1. The van der Waals surface area contributed by atoms with E-state index in [2.05, 4.69) is 37.2 Å². The minimum Gasteiger partial charge on any atom is -0.508 e. The molecule has 0 aromatic heterocycles. The number of hydrogen-bond acceptors (Lipinski definition) is 3. The second-order valence-electron chi connectivity index (χ2n) is 4.23. The van der Waals surface area contributed by atoms with E-state index in [0.29, 0.717) is 5.56 Å². The van der Waals surface area contributed by atoms with Crippen LogP contribution in [0.2, 0.25) is 0 Å². The first-order valence-electron chi connectivity index (χ1n) is 5.71. The van der Waals surface area contributed by atoms with Gasteiger partial charge < -0.3 is 15.5 Å². The highest BCUT2D eigenvalue weighted by molar-refractivity contribution is 9.11.